The van der Waals surface area contributed by atoms with Crippen LogP contribution in [0.2, 0.25) is 0 Å². The molecule has 33 heavy (non-hydrogen) atoms. The molecule has 3 aromatic carbocycles. The van der Waals surface area contributed by atoms with Crippen molar-refractivity contribution in [2.75, 3.05) is 0 Å². The lowest BCUT2D eigenvalue weighted by molar-refractivity contribution is 0.296. The van der Waals surface area contributed by atoms with Gasteiger partial charge in [0.15, 0.2) is 11.6 Å². The highest BCUT2D eigenvalue weighted by Crippen LogP contribution is 2.34. The summed E-state index contributed by atoms with van der Waals surface area (Å²) in [5.41, 5.74) is 2.42. The molecule has 4 rings (SSSR count). The predicted octanol–water partition coefficient (Wildman–Crippen LogP) is 8.97. The van der Waals surface area contributed by atoms with Crippen LogP contribution in [0.1, 0.15) is 49.7 Å². The maximum Gasteiger partial charge on any atom is 0.169 e. The smallest absolute Gasteiger partial charge is 0.169 e. The summed E-state index contributed by atoms with van der Waals surface area (Å²) in [6.07, 6.45) is 11.8. The molecule has 0 radical (unpaired) electrons. The molecular formula is C30H31F3. The van der Waals surface area contributed by atoms with E-state index in [2.05, 4.69) is 19.2 Å². The van der Waals surface area contributed by atoms with Crippen LogP contribution in [0, 0.1) is 29.3 Å². The molecule has 0 aromatic heterocycles. The molecule has 3 aromatic rings. The van der Waals surface area contributed by atoms with Crippen LogP contribution in [0.3, 0.4) is 0 Å². The lowest BCUT2D eigenvalue weighted by Gasteiger charge is -2.26. The van der Waals surface area contributed by atoms with Crippen LogP contribution in [0.4, 0.5) is 13.2 Å². The second-order valence-corrected chi connectivity index (χ2v) is 9.27. The van der Waals surface area contributed by atoms with E-state index in [0.29, 0.717) is 29.7 Å². The SMILES string of the molecule is C=CCCc1cc2ccc(-c3ccc(CCC4CCC(C=C)CC4)cc3)c(F)c2c(F)c1F. The van der Waals surface area contributed by atoms with E-state index in [-0.39, 0.29) is 16.5 Å². The zero-order chi connectivity index (χ0) is 23.4. The Morgan fingerprint density at radius 3 is 2.21 bits per heavy atom. The molecule has 1 aliphatic rings. The Bertz CT molecular complexity index is 1140. The number of hydrogen-bond donors (Lipinski definition) is 0. The highest BCUT2D eigenvalue weighted by Gasteiger charge is 2.20. The van der Waals surface area contributed by atoms with E-state index in [9.17, 15) is 8.78 Å². The van der Waals surface area contributed by atoms with Gasteiger partial charge in [-0.25, -0.2) is 13.2 Å². The van der Waals surface area contributed by atoms with E-state index in [1.165, 1.54) is 37.3 Å². The van der Waals surface area contributed by atoms with Gasteiger partial charge in [-0.15, -0.1) is 13.2 Å². The van der Waals surface area contributed by atoms with Gasteiger partial charge in [0.2, 0.25) is 0 Å². The van der Waals surface area contributed by atoms with Gasteiger partial charge in [0.25, 0.3) is 0 Å². The number of hydrogen-bond acceptors (Lipinski definition) is 0. The standard InChI is InChI=1S/C30H31F3/c1-3-5-6-25-19-24-17-18-26(29(32)27(24)30(33)28(25)31)23-15-13-22(14-16-23)12-11-21-9-7-20(4-2)8-10-21/h3-4,13-21H,1-2,5-12H2. The van der Waals surface area contributed by atoms with E-state index in [4.69, 9.17) is 0 Å². The fourth-order valence-electron chi connectivity index (χ4n) is 5.03. The summed E-state index contributed by atoms with van der Waals surface area (Å²) in [5, 5.41) is 0.0866. The molecule has 1 saturated carbocycles. The Morgan fingerprint density at radius 1 is 0.818 bits per heavy atom. The fourth-order valence-corrected chi connectivity index (χ4v) is 5.03. The van der Waals surface area contributed by atoms with Gasteiger partial charge in [-0.2, -0.15) is 0 Å². The number of halogens is 3. The maximum absolute atomic E-state index is 15.3. The van der Waals surface area contributed by atoms with Crippen LogP contribution in [0.5, 0.6) is 0 Å². The molecule has 1 fully saturated rings. The normalized spacial score (nSPS) is 18.4. The molecule has 172 valence electrons. The van der Waals surface area contributed by atoms with Crippen molar-refractivity contribution in [2.45, 2.75) is 51.4 Å². The first-order valence-corrected chi connectivity index (χ1v) is 11.9. The van der Waals surface area contributed by atoms with Crippen molar-refractivity contribution >= 4 is 10.8 Å². The van der Waals surface area contributed by atoms with Gasteiger partial charge < -0.3 is 0 Å². The van der Waals surface area contributed by atoms with E-state index in [1.807, 2.05) is 24.3 Å². The van der Waals surface area contributed by atoms with Gasteiger partial charge in [0.05, 0.1) is 5.39 Å². The Hall–Kier alpha value is -2.81. The van der Waals surface area contributed by atoms with Crippen molar-refractivity contribution in [3.8, 4) is 11.1 Å². The first-order valence-electron chi connectivity index (χ1n) is 11.9. The lowest BCUT2D eigenvalue weighted by atomic mass is 9.79. The minimum Gasteiger partial charge on any atom is -0.206 e. The predicted molar refractivity (Wildman–Crippen MR) is 132 cm³/mol. The number of benzene rings is 3. The third kappa shape index (κ3) is 5.08. The largest absolute Gasteiger partial charge is 0.206 e. The van der Waals surface area contributed by atoms with E-state index >= 15 is 4.39 Å². The van der Waals surface area contributed by atoms with Crippen molar-refractivity contribution in [1.29, 1.82) is 0 Å². The first-order chi connectivity index (χ1) is 16.0. The third-order valence-electron chi connectivity index (χ3n) is 7.15. The van der Waals surface area contributed by atoms with Gasteiger partial charge in [-0.05, 0) is 91.3 Å². The van der Waals surface area contributed by atoms with Gasteiger partial charge in [-0.3, -0.25) is 0 Å². The molecule has 3 heteroatoms. The maximum atomic E-state index is 15.3. The zero-order valence-electron chi connectivity index (χ0n) is 19.1. The molecule has 0 bridgehead atoms. The summed E-state index contributed by atoms with van der Waals surface area (Å²) < 4.78 is 44.6. The van der Waals surface area contributed by atoms with Crippen LogP contribution < -0.4 is 0 Å². The average molecular weight is 449 g/mol. The molecule has 0 saturated heterocycles. The molecule has 1 aliphatic carbocycles. The van der Waals surface area contributed by atoms with Gasteiger partial charge in [0.1, 0.15) is 5.82 Å². The molecule has 0 unspecified atom stereocenters. The molecule has 0 spiro atoms. The van der Waals surface area contributed by atoms with Crippen molar-refractivity contribution in [3.05, 3.63) is 96.4 Å². The van der Waals surface area contributed by atoms with Gasteiger partial charge in [0, 0.05) is 5.56 Å². The summed E-state index contributed by atoms with van der Waals surface area (Å²) in [6.45, 7) is 7.53. The van der Waals surface area contributed by atoms with Crippen LogP contribution in [-0.4, -0.2) is 0 Å². The quantitative estimate of drug-likeness (QED) is 0.302. The van der Waals surface area contributed by atoms with Crippen molar-refractivity contribution < 1.29 is 13.2 Å². The second kappa shape index (κ2) is 10.4. The number of fused-ring (bicyclic) bond motifs is 1. The monoisotopic (exact) mass is 448 g/mol. The minimum atomic E-state index is -1.12. The van der Waals surface area contributed by atoms with Gasteiger partial charge in [-0.1, -0.05) is 48.6 Å². The highest BCUT2D eigenvalue weighted by molar-refractivity contribution is 5.89. The van der Waals surface area contributed by atoms with Crippen molar-refractivity contribution in [2.24, 2.45) is 11.8 Å². The zero-order valence-corrected chi connectivity index (χ0v) is 19.1. The summed E-state index contributed by atoms with van der Waals surface area (Å²) in [6, 6.07) is 12.6. The number of aryl methyl sites for hydroxylation is 2. The third-order valence-corrected chi connectivity index (χ3v) is 7.15. The number of allylic oxidation sites excluding steroid dienone is 2. The first kappa shape index (κ1) is 23.4. The molecule has 0 atom stereocenters. The summed E-state index contributed by atoms with van der Waals surface area (Å²) in [7, 11) is 0. The Kier molecular flexibility index (Phi) is 7.37. The van der Waals surface area contributed by atoms with Crippen molar-refractivity contribution in [3.63, 3.8) is 0 Å². The van der Waals surface area contributed by atoms with Crippen LogP contribution in [0.15, 0.2) is 67.8 Å². The fraction of sp³-hybridized carbons (Fsp3) is 0.333. The summed E-state index contributed by atoms with van der Waals surface area (Å²) in [5.74, 6) is -1.38. The van der Waals surface area contributed by atoms with Gasteiger partial charge >= 0.3 is 0 Å². The Morgan fingerprint density at radius 2 is 1.55 bits per heavy atom. The molecule has 0 aliphatic heterocycles. The van der Waals surface area contributed by atoms with E-state index in [0.717, 1.165) is 18.8 Å². The summed E-state index contributed by atoms with van der Waals surface area (Å²) >= 11 is 0. The minimum absolute atomic E-state index is 0.245. The molecule has 0 N–H and O–H groups in total. The van der Waals surface area contributed by atoms with Crippen LogP contribution in [-0.2, 0) is 12.8 Å². The Balaban J connectivity index is 1.51. The summed E-state index contributed by atoms with van der Waals surface area (Å²) in [4.78, 5) is 0. The van der Waals surface area contributed by atoms with E-state index in [1.54, 1.807) is 18.2 Å². The molecular weight excluding hydrogens is 417 g/mol. The van der Waals surface area contributed by atoms with Crippen LogP contribution >= 0.6 is 0 Å². The molecule has 0 nitrogen and oxygen atoms in total. The highest BCUT2D eigenvalue weighted by atomic mass is 19.2. The van der Waals surface area contributed by atoms with E-state index < -0.39 is 17.5 Å². The molecule has 0 amide bonds. The Labute approximate surface area is 194 Å². The van der Waals surface area contributed by atoms with Crippen LogP contribution in [0.25, 0.3) is 21.9 Å². The lowest BCUT2D eigenvalue weighted by Crippen LogP contribution is -2.13. The molecule has 0 heterocycles. The van der Waals surface area contributed by atoms with Crippen molar-refractivity contribution in [1.82, 2.24) is 0 Å². The average Bonchev–Trinajstić information content (AvgIpc) is 2.85. The second-order valence-electron chi connectivity index (χ2n) is 9.27. The number of rotatable bonds is 8. The topological polar surface area (TPSA) is 0 Å².